The average Bonchev–Trinajstić information content (AvgIpc) is 3.26. The number of hydrogen-bond acceptors (Lipinski definition) is 3. The third-order valence-corrected chi connectivity index (χ3v) is 10.3. The molecule has 2 aromatic heterocycles. The highest BCUT2D eigenvalue weighted by Crippen LogP contribution is 2.42. The Labute approximate surface area is 313 Å². The number of aromatic nitrogens is 3. The molecule has 3 heteroatoms. The minimum Gasteiger partial charge on any atom is -0.247 e. The van der Waals surface area contributed by atoms with Crippen molar-refractivity contribution in [1.82, 2.24) is 15.0 Å². The monoisotopic (exact) mass is 687 g/mol. The Morgan fingerprint density at radius 1 is 0.259 bits per heavy atom. The van der Waals surface area contributed by atoms with E-state index in [0.29, 0.717) is 5.82 Å². The molecule has 10 aromatic rings. The van der Waals surface area contributed by atoms with E-state index in [1.807, 2.05) is 18.2 Å². The Morgan fingerprint density at radius 3 is 1.37 bits per heavy atom. The smallest absolute Gasteiger partial charge is 0.160 e. The van der Waals surface area contributed by atoms with Crippen LogP contribution in [0.15, 0.2) is 200 Å². The predicted octanol–water partition coefficient (Wildman–Crippen LogP) is 13.3. The van der Waals surface area contributed by atoms with Crippen LogP contribution in [0.3, 0.4) is 0 Å². The minimum absolute atomic E-state index is 0.687. The Kier molecular flexibility index (Phi) is 7.81. The molecule has 54 heavy (non-hydrogen) atoms. The van der Waals surface area contributed by atoms with Crippen molar-refractivity contribution in [2.24, 2.45) is 0 Å². The average molecular weight is 688 g/mol. The van der Waals surface area contributed by atoms with Crippen LogP contribution in [0.2, 0.25) is 0 Å². The first-order valence-electron chi connectivity index (χ1n) is 18.3. The number of rotatable bonds is 6. The third kappa shape index (κ3) is 5.60. The second-order valence-electron chi connectivity index (χ2n) is 13.6. The number of fused-ring (bicyclic) bond motifs is 5. The molecule has 0 aliphatic carbocycles. The van der Waals surface area contributed by atoms with Crippen LogP contribution < -0.4 is 0 Å². The summed E-state index contributed by atoms with van der Waals surface area (Å²) in [6, 6.07) is 70.2. The van der Waals surface area contributed by atoms with Gasteiger partial charge in [0.2, 0.25) is 0 Å². The number of pyridine rings is 1. The van der Waals surface area contributed by atoms with Crippen molar-refractivity contribution >= 4 is 32.4 Å². The third-order valence-electron chi connectivity index (χ3n) is 10.3. The standard InChI is InChI=1S/C51H33N3/c1-4-14-34(15-5-1)35-24-30-41(31-25-35)51-53-49(38-17-6-2-7-18-38)46(50(54-51)39-19-8-3-9-20-39)37-26-28-40(29-27-37)48-44-33-32-36-16-10-11-21-42(36)47(44)43-22-12-13-23-45(43)52-48/h1-33H. The molecular formula is C51H33N3. The van der Waals surface area contributed by atoms with Gasteiger partial charge in [0.25, 0.3) is 0 Å². The maximum absolute atomic E-state index is 5.34. The summed E-state index contributed by atoms with van der Waals surface area (Å²) < 4.78 is 0. The molecule has 0 saturated carbocycles. The molecule has 252 valence electrons. The van der Waals surface area contributed by atoms with Gasteiger partial charge in [-0.1, -0.05) is 194 Å². The van der Waals surface area contributed by atoms with E-state index in [2.05, 4.69) is 182 Å². The van der Waals surface area contributed by atoms with Crippen LogP contribution in [0.4, 0.5) is 0 Å². The first kappa shape index (κ1) is 31.5. The van der Waals surface area contributed by atoms with Crippen LogP contribution in [0.5, 0.6) is 0 Å². The van der Waals surface area contributed by atoms with Gasteiger partial charge in [0.15, 0.2) is 5.82 Å². The van der Waals surface area contributed by atoms with Gasteiger partial charge in [-0.25, -0.2) is 15.0 Å². The first-order valence-corrected chi connectivity index (χ1v) is 18.3. The minimum atomic E-state index is 0.687. The number of nitrogens with zero attached hydrogens (tertiary/aromatic N) is 3. The van der Waals surface area contributed by atoms with E-state index < -0.39 is 0 Å². The lowest BCUT2D eigenvalue weighted by atomic mass is 9.92. The van der Waals surface area contributed by atoms with E-state index in [1.54, 1.807) is 0 Å². The molecule has 8 aromatic carbocycles. The number of hydrogen-bond donors (Lipinski definition) is 0. The molecule has 0 bridgehead atoms. The van der Waals surface area contributed by atoms with Crippen molar-refractivity contribution in [2.45, 2.75) is 0 Å². The SMILES string of the molecule is c1ccc(-c2ccc(-c3nc(-c4ccccc4)c(-c4ccc(-c5nc6ccccc6c6c5ccc5ccccc56)cc4)c(-c4ccccc4)n3)cc2)cc1. The lowest BCUT2D eigenvalue weighted by Crippen LogP contribution is -2.01. The zero-order valence-electron chi connectivity index (χ0n) is 29.4. The van der Waals surface area contributed by atoms with E-state index in [4.69, 9.17) is 15.0 Å². The maximum atomic E-state index is 5.34. The Hall–Kier alpha value is -7.23. The van der Waals surface area contributed by atoms with Crippen LogP contribution in [0, 0.1) is 0 Å². The number of para-hydroxylation sites is 1. The molecule has 0 saturated heterocycles. The molecule has 0 aliphatic rings. The summed E-state index contributed by atoms with van der Waals surface area (Å²) >= 11 is 0. The second-order valence-corrected chi connectivity index (χ2v) is 13.6. The molecule has 10 rings (SSSR count). The van der Waals surface area contributed by atoms with Crippen molar-refractivity contribution in [3.63, 3.8) is 0 Å². The lowest BCUT2D eigenvalue weighted by molar-refractivity contribution is 1.18. The lowest BCUT2D eigenvalue weighted by Gasteiger charge is -2.18. The summed E-state index contributed by atoms with van der Waals surface area (Å²) in [7, 11) is 0. The van der Waals surface area contributed by atoms with Gasteiger partial charge in [-0.15, -0.1) is 0 Å². The zero-order chi connectivity index (χ0) is 35.8. The van der Waals surface area contributed by atoms with Crippen molar-refractivity contribution in [3.8, 4) is 67.4 Å². The summed E-state index contributed by atoms with van der Waals surface area (Å²) in [5.41, 5.74) is 12.2. The highest BCUT2D eigenvalue weighted by molar-refractivity contribution is 6.22. The molecule has 0 unspecified atom stereocenters. The van der Waals surface area contributed by atoms with Crippen LogP contribution >= 0.6 is 0 Å². The van der Waals surface area contributed by atoms with Gasteiger partial charge in [0.1, 0.15) is 0 Å². The summed E-state index contributed by atoms with van der Waals surface area (Å²) in [4.78, 5) is 15.9. The van der Waals surface area contributed by atoms with Crippen LogP contribution in [-0.2, 0) is 0 Å². The molecule has 0 radical (unpaired) electrons. The van der Waals surface area contributed by atoms with Crippen molar-refractivity contribution in [1.29, 1.82) is 0 Å². The topological polar surface area (TPSA) is 38.7 Å². The van der Waals surface area contributed by atoms with Gasteiger partial charge in [-0.3, -0.25) is 0 Å². The highest BCUT2D eigenvalue weighted by Gasteiger charge is 2.21. The number of benzene rings is 8. The fourth-order valence-corrected chi connectivity index (χ4v) is 7.65. The molecule has 2 heterocycles. The predicted molar refractivity (Wildman–Crippen MR) is 225 cm³/mol. The summed E-state index contributed by atoms with van der Waals surface area (Å²) in [6.45, 7) is 0. The zero-order valence-corrected chi connectivity index (χ0v) is 29.4. The summed E-state index contributed by atoms with van der Waals surface area (Å²) in [5, 5.41) is 5.99. The molecule has 3 nitrogen and oxygen atoms in total. The Bertz CT molecular complexity index is 2860. The van der Waals surface area contributed by atoms with Crippen molar-refractivity contribution in [3.05, 3.63) is 200 Å². The van der Waals surface area contributed by atoms with Crippen LogP contribution in [0.1, 0.15) is 0 Å². The molecule has 0 aliphatic heterocycles. The first-order chi connectivity index (χ1) is 26.8. The highest BCUT2D eigenvalue weighted by atomic mass is 14.9. The van der Waals surface area contributed by atoms with Crippen LogP contribution in [-0.4, -0.2) is 15.0 Å². The maximum Gasteiger partial charge on any atom is 0.160 e. The van der Waals surface area contributed by atoms with Gasteiger partial charge >= 0.3 is 0 Å². The van der Waals surface area contributed by atoms with Crippen LogP contribution in [0.25, 0.3) is 99.9 Å². The van der Waals surface area contributed by atoms with E-state index in [1.165, 1.54) is 21.7 Å². The molecule has 0 spiro atoms. The van der Waals surface area contributed by atoms with Gasteiger partial charge in [-0.2, -0.15) is 0 Å². The summed E-state index contributed by atoms with van der Waals surface area (Å²) in [6.07, 6.45) is 0. The van der Waals surface area contributed by atoms with Gasteiger partial charge in [0.05, 0.1) is 22.6 Å². The van der Waals surface area contributed by atoms with Gasteiger partial charge in [0, 0.05) is 44.0 Å². The van der Waals surface area contributed by atoms with Gasteiger partial charge < -0.3 is 0 Å². The quantitative estimate of drug-likeness (QED) is 0.163. The fourth-order valence-electron chi connectivity index (χ4n) is 7.65. The largest absolute Gasteiger partial charge is 0.247 e. The van der Waals surface area contributed by atoms with E-state index >= 15 is 0 Å². The van der Waals surface area contributed by atoms with Crippen molar-refractivity contribution in [2.75, 3.05) is 0 Å². The van der Waals surface area contributed by atoms with E-state index in [0.717, 1.165) is 72.3 Å². The molecule has 0 amide bonds. The van der Waals surface area contributed by atoms with Gasteiger partial charge in [-0.05, 0) is 33.5 Å². The van der Waals surface area contributed by atoms with E-state index in [9.17, 15) is 0 Å². The Balaban J connectivity index is 1.16. The molecule has 0 fully saturated rings. The molecule has 0 atom stereocenters. The summed E-state index contributed by atoms with van der Waals surface area (Å²) in [5.74, 6) is 0.687. The molecule has 0 N–H and O–H groups in total. The van der Waals surface area contributed by atoms with E-state index in [-0.39, 0.29) is 0 Å². The van der Waals surface area contributed by atoms with Crippen molar-refractivity contribution < 1.29 is 0 Å². The Morgan fingerprint density at radius 2 is 0.722 bits per heavy atom. The fraction of sp³-hybridized carbons (Fsp3) is 0. The normalized spacial score (nSPS) is 11.3. The second kappa shape index (κ2) is 13.4. The molecular weight excluding hydrogens is 655 g/mol.